The SMILES string of the molecule is NC(=O)Cc1csc(NC(=O)c2csc(Nc3ccccn3)n2)n1. The summed E-state index contributed by atoms with van der Waals surface area (Å²) in [6, 6.07) is 5.46. The summed E-state index contributed by atoms with van der Waals surface area (Å²) in [5.74, 6) is -0.196. The lowest BCUT2D eigenvalue weighted by Gasteiger charge is -2.00. The van der Waals surface area contributed by atoms with Crippen molar-refractivity contribution in [3.05, 3.63) is 46.5 Å². The molecule has 4 N–H and O–H groups in total. The summed E-state index contributed by atoms with van der Waals surface area (Å²) in [6.07, 6.45) is 1.71. The molecule has 24 heavy (non-hydrogen) atoms. The normalized spacial score (nSPS) is 10.3. The fourth-order valence-corrected chi connectivity index (χ4v) is 3.17. The van der Waals surface area contributed by atoms with E-state index < -0.39 is 5.91 Å². The second kappa shape index (κ2) is 7.15. The van der Waals surface area contributed by atoms with Gasteiger partial charge in [-0.15, -0.1) is 22.7 Å². The van der Waals surface area contributed by atoms with Crippen LogP contribution in [0.25, 0.3) is 0 Å². The Kier molecular flexibility index (Phi) is 4.77. The van der Waals surface area contributed by atoms with Crippen molar-refractivity contribution >= 4 is 50.6 Å². The Morgan fingerprint density at radius 3 is 2.71 bits per heavy atom. The number of hydrogen-bond acceptors (Lipinski definition) is 8. The Hall–Kier alpha value is -2.85. The number of aromatic nitrogens is 3. The number of anilines is 3. The molecule has 3 aromatic heterocycles. The van der Waals surface area contributed by atoms with Crippen molar-refractivity contribution in [1.82, 2.24) is 15.0 Å². The molecule has 0 radical (unpaired) electrons. The van der Waals surface area contributed by atoms with Crippen LogP contribution < -0.4 is 16.4 Å². The van der Waals surface area contributed by atoms with Crippen LogP contribution in [0.15, 0.2) is 35.2 Å². The van der Waals surface area contributed by atoms with Gasteiger partial charge in [-0.1, -0.05) is 6.07 Å². The quantitative estimate of drug-likeness (QED) is 0.618. The number of carbonyl (C=O) groups is 2. The molecule has 10 heteroatoms. The molecule has 0 bridgehead atoms. The summed E-state index contributed by atoms with van der Waals surface area (Å²) in [6.45, 7) is 0. The first-order valence-electron chi connectivity index (χ1n) is 6.78. The number of rotatable bonds is 6. The molecule has 122 valence electrons. The number of carbonyl (C=O) groups excluding carboxylic acids is 2. The van der Waals surface area contributed by atoms with E-state index in [0.717, 1.165) is 0 Å². The van der Waals surface area contributed by atoms with E-state index in [1.165, 1.54) is 22.7 Å². The fourth-order valence-electron chi connectivity index (χ4n) is 1.77. The van der Waals surface area contributed by atoms with Crippen LogP contribution >= 0.6 is 22.7 Å². The average Bonchev–Trinajstić information content (AvgIpc) is 3.17. The molecule has 0 aliphatic rings. The van der Waals surface area contributed by atoms with E-state index in [9.17, 15) is 9.59 Å². The molecule has 0 spiro atoms. The highest BCUT2D eigenvalue weighted by Gasteiger charge is 2.14. The molecule has 0 fully saturated rings. The van der Waals surface area contributed by atoms with E-state index >= 15 is 0 Å². The minimum atomic E-state index is -0.470. The van der Waals surface area contributed by atoms with Crippen LogP contribution in [0.1, 0.15) is 16.2 Å². The van der Waals surface area contributed by atoms with Gasteiger partial charge in [-0.05, 0) is 12.1 Å². The van der Waals surface area contributed by atoms with Gasteiger partial charge in [0.1, 0.15) is 11.5 Å². The van der Waals surface area contributed by atoms with Gasteiger partial charge in [0.25, 0.3) is 5.91 Å². The van der Waals surface area contributed by atoms with Crippen LogP contribution in [-0.4, -0.2) is 26.8 Å². The van der Waals surface area contributed by atoms with E-state index in [2.05, 4.69) is 25.6 Å². The van der Waals surface area contributed by atoms with Gasteiger partial charge in [-0.3, -0.25) is 14.9 Å². The summed E-state index contributed by atoms with van der Waals surface area (Å²) in [5, 5.41) is 9.93. The minimum Gasteiger partial charge on any atom is -0.369 e. The molecular formula is C14H12N6O2S2. The van der Waals surface area contributed by atoms with Gasteiger partial charge in [0.05, 0.1) is 12.1 Å². The maximum Gasteiger partial charge on any atom is 0.276 e. The maximum atomic E-state index is 12.2. The van der Waals surface area contributed by atoms with E-state index in [4.69, 9.17) is 5.73 Å². The summed E-state index contributed by atoms with van der Waals surface area (Å²) >= 11 is 2.52. The third-order valence-electron chi connectivity index (χ3n) is 2.76. The summed E-state index contributed by atoms with van der Waals surface area (Å²) in [5.41, 5.74) is 5.90. The number of thiazole rings is 2. The van der Waals surface area contributed by atoms with Crippen molar-refractivity contribution in [1.29, 1.82) is 0 Å². The van der Waals surface area contributed by atoms with Crippen LogP contribution in [0.5, 0.6) is 0 Å². The second-order valence-electron chi connectivity index (χ2n) is 4.62. The molecule has 3 rings (SSSR count). The van der Waals surface area contributed by atoms with Crippen molar-refractivity contribution in [3.8, 4) is 0 Å². The predicted octanol–water partition coefficient (Wildman–Crippen LogP) is 2.02. The minimum absolute atomic E-state index is 0.0429. The smallest absolute Gasteiger partial charge is 0.276 e. The van der Waals surface area contributed by atoms with Crippen molar-refractivity contribution in [2.24, 2.45) is 5.73 Å². The Labute approximate surface area is 144 Å². The topological polar surface area (TPSA) is 123 Å². The summed E-state index contributed by atoms with van der Waals surface area (Å²) in [4.78, 5) is 35.5. The van der Waals surface area contributed by atoms with Gasteiger partial charge in [-0.25, -0.2) is 15.0 Å². The van der Waals surface area contributed by atoms with Crippen molar-refractivity contribution in [2.75, 3.05) is 10.6 Å². The Morgan fingerprint density at radius 2 is 1.96 bits per heavy atom. The molecule has 0 aliphatic heterocycles. The van der Waals surface area contributed by atoms with E-state index in [0.29, 0.717) is 21.8 Å². The third kappa shape index (κ3) is 4.12. The number of nitrogens with one attached hydrogen (secondary N) is 2. The lowest BCUT2D eigenvalue weighted by atomic mass is 10.3. The number of hydrogen-bond donors (Lipinski definition) is 3. The van der Waals surface area contributed by atoms with Crippen LogP contribution in [-0.2, 0) is 11.2 Å². The first kappa shape index (κ1) is 16.0. The molecule has 3 heterocycles. The molecule has 8 nitrogen and oxygen atoms in total. The molecule has 3 aromatic rings. The summed E-state index contributed by atoms with van der Waals surface area (Å²) < 4.78 is 0. The average molecular weight is 360 g/mol. The van der Waals surface area contributed by atoms with Crippen LogP contribution in [0.4, 0.5) is 16.1 Å². The number of primary amides is 1. The fraction of sp³-hybridized carbons (Fsp3) is 0.0714. The predicted molar refractivity (Wildman–Crippen MR) is 92.6 cm³/mol. The number of nitrogens with zero attached hydrogens (tertiary/aromatic N) is 3. The second-order valence-corrected chi connectivity index (χ2v) is 6.34. The lowest BCUT2D eigenvalue weighted by Crippen LogP contribution is -2.14. The monoisotopic (exact) mass is 360 g/mol. The zero-order valence-electron chi connectivity index (χ0n) is 12.2. The molecule has 0 atom stereocenters. The summed E-state index contributed by atoms with van der Waals surface area (Å²) in [7, 11) is 0. The lowest BCUT2D eigenvalue weighted by molar-refractivity contribution is -0.117. The van der Waals surface area contributed by atoms with Gasteiger partial charge in [0, 0.05) is 17.0 Å². The van der Waals surface area contributed by atoms with Gasteiger partial charge in [0.15, 0.2) is 10.3 Å². The molecule has 0 aromatic carbocycles. The highest BCUT2D eigenvalue weighted by Crippen LogP contribution is 2.21. The van der Waals surface area contributed by atoms with Crippen LogP contribution in [0.2, 0.25) is 0 Å². The molecule has 0 unspecified atom stereocenters. The van der Waals surface area contributed by atoms with E-state index in [1.54, 1.807) is 23.0 Å². The van der Waals surface area contributed by atoms with Gasteiger partial charge in [0.2, 0.25) is 5.91 Å². The molecule has 0 saturated heterocycles. The molecule has 0 aliphatic carbocycles. The molecular weight excluding hydrogens is 348 g/mol. The first-order valence-corrected chi connectivity index (χ1v) is 8.54. The van der Waals surface area contributed by atoms with Gasteiger partial charge >= 0.3 is 0 Å². The van der Waals surface area contributed by atoms with Crippen LogP contribution in [0.3, 0.4) is 0 Å². The van der Waals surface area contributed by atoms with Gasteiger partial charge in [-0.2, -0.15) is 0 Å². The number of pyridine rings is 1. The third-order valence-corrected chi connectivity index (χ3v) is 4.33. The van der Waals surface area contributed by atoms with E-state index in [1.807, 2.05) is 12.1 Å². The Bertz CT molecular complexity index is 861. The highest BCUT2D eigenvalue weighted by molar-refractivity contribution is 7.14. The zero-order chi connectivity index (χ0) is 16.9. The zero-order valence-corrected chi connectivity index (χ0v) is 13.9. The molecule has 0 saturated carbocycles. The Balaban J connectivity index is 1.63. The number of nitrogens with two attached hydrogens (primary N) is 1. The van der Waals surface area contributed by atoms with Gasteiger partial charge < -0.3 is 11.1 Å². The van der Waals surface area contributed by atoms with Crippen molar-refractivity contribution < 1.29 is 9.59 Å². The molecule has 2 amide bonds. The maximum absolute atomic E-state index is 12.2. The van der Waals surface area contributed by atoms with Crippen molar-refractivity contribution in [3.63, 3.8) is 0 Å². The van der Waals surface area contributed by atoms with E-state index in [-0.39, 0.29) is 18.0 Å². The van der Waals surface area contributed by atoms with Crippen LogP contribution in [0, 0.1) is 0 Å². The Morgan fingerprint density at radius 1 is 1.12 bits per heavy atom. The highest BCUT2D eigenvalue weighted by atomic mass is 32.1. The first-order chi connectivity index (χ1) is 11.6. The standard InChI is InChI=1S/C14H12N6O2S2/c15-10(21)5-8-6-23-13(17-8)20-12(22)9-7-24-14(18-9)19-11-3-1-2-4-16-11/h1-4,6-7H,5H2,(H2,15,21)(H,16,18,19)(H,17,20,22). The number of amides is 2. The largest absolute Gasteiger partial charge is 0.369 e. The van der Waals surface area contributed by atoms with Crippen molar-refractivity contribution in [2.45, 2.75) is 6.42 Å².